The first-order valence-electron chi connectivity index (χ1n) is 5.72. The number of ether oxygens (including phenoxy) is 2. The van der Waals surface area contributed by atoms with Gasteiger partial charge in [0.05, 0.1) is 0 Å². The van der Waals surface area contributed by atoms with Gasteiger partial charge in [-0.3, -0.25) is 0 Å². The molecule has 1 unspecified atom stereocenters. The molecule has 1 aromatic carbocycles. The lowest BCUT2D eigenvalue weighted by atomic mass is 10.2. The molecule has 0 aliphatic rings. The van der Waals surface area contributed by atoms with E-state index in [1.165, 1.54) is 5.56 Å². The summed E-state index contributed by atoms with van der Waals surface area (Å²) in [4.78, 5) is 0. The summed E-state index contributed by atoms with van der Waals surface area (Å²) in [7, 11) is 1.68. The molecule has 88 valence electrons. The maximum absolute atomic E-state index is 5.39. The fraction of sp³-hybridized carbons (Fsp3) is 0.429. The third kappa shape index (κ3) is 5.10. The first kappa shape index (κ1) is 12.9. The van der Waals surface area contributed by atoms with Crippen molar-refractivity contribution < 1.29 is 9.47 Å². The van der Waals surface area contributed by atoms with Crippen molar-refractivity contribution in [3.8, 4) is 0 Å². The van der Waals surface area contributed by atoms with Crippen LogP contribution in [0.4, 0.5) is 0 Å². The predicted octanol–water partition coefficient (Wildman–Crippen LogP) is 3.49. The van der Waals surface area contributed by atoms with Crippen LogP contribution >= 0.6 is 0 Å². The molecule has 0 N–H and O–H groups in total. The van der Waals surface area contributed by atoms with Crippen LogP contribution in [0.5, 0.6) is 0 Å². The molecule has 1 aromatic rings. The highest BCUT2D eigenvalue weighted by Crippen LogP contribution is 2.07. The van der Waals surface area contributed by atoms with E-state index in [4.69, 9.17) is 9.47 Å². The highest BCUT2D eigenvalue weighted by molar-refractivity contribution is 5.48. The van der Waals surface area contributed by atoms with Crippen LogP contribution in [0.1, 0.15) is 25.3 Å². The first-order chi connectivity index (χ1) is 7.86. The lowest BCUT2D eigenvalue weighted by Crippen LogP contribution is -2.14. The SMILES string of the molecule is CCOC(CC/C=C/c1ccccc1)OC. The first-order valence-corrected chi connectivity index (χ1v) is 5.72. The van der Waals surface area contributed by atoms with Crippen molar-refractivity contribution >= 4 is 6.08 Å². The van der Waals surface area contributed by atoms with Crippen LogP contribution in [0.25, 0.3) is 6.08 Å². The van der Waals surface area contributed by atoms with Crippen molar-refractivity contribution in [1.29, 1.82) is 0 Å². The van der Waals surface area contributed by atoms with E-state index in [0.717, 1.165) is 12.8 Å². The topological polar surface area (TPSA) is 18.5 Å². The van der Waals surface area contributed by atoms with Gasteiger partial charge >= 0.3 is 0 Å². The molecule has 0 aliphatic carbocycles. The molecule has 0 heterocycles. The minimum absolute atomic E-state index is 0.0783. The summed E-state index contributed by atoms with van der Waals surface area (Å²) in [5.41, 5.74) is 1.23. The standard InChI is InChI=1S/C14H20O2/c1-3-16-14(15-2)12-8-7-11-13-9-5-4-6-10-13/h4-7,9-11,14H,3,8,12H2,1-2H3/b11-7+. The smallest absolute Gasteiger partial charge is 0.157 e. The summed E-state index contributed by atoms with van der Waals surface area (Å²) in [5, 5.41) is 0. The monoisotopic (exact) mass is 220 g/mol. The molecule has 0 aliphatic heterocycles. The van der Waals surface area contributed by atoms with Crippen LogP contribution < -0.4 is 0 Å². The van der Waals surface area contributed by atoms with Gasteiger partial charge in [-0.1, -0.05) is 42.5 Å². The van der Waals surface area contributed by atoms with Crippen molar-refractivity contribution in [2.24, 2.45) is 0 Å². The zero-order valence-electron chi connectivity index (χ0n) is 10.1. The average Bonchev–Trinajstić information content (AvgIpc) is 2.34. The molecule has 0 saturated carbocycles. The molecule has 1 atom stereocenters. The Labute approximate surface area is 97.9 Å². The van der Waals surface area contributed by atoms with E-state index in [1.54, 1.807) is 7.11 Å². The molecule has 2 heteroatoms. The van der Waals surface area contributed by atoms with E-state index in [2.05, 4.69) is 24.3 Å². The van der Waals surface area contributed by atoms with Crippen molar-refractivity contribution in [1.82, 2.24) is 0 Å². The maximum atomic E-state index is 5.39. The van der Waals surface area contributed by atoms with Gasteiger partial charge in [-0.25, -0.2) is 0 Å². The summed E-state index contributed by atoms with van der Waals surface area (Å²) in [6.07, 6.45) is 6.06. The number of benzene rings is 1. The normalized spacial score (nSPS) is 13.1. The lowest BCUT2D eigenvalue weighted by Gasteiger charge is -2.13. The van der Waals surface area contributed by atoms with E-state index < -0.39 is 0 Å². The molecule has 0 radical (unpaired) electrons. The van der Waals surface area contributed by atoms with E-state index >= 15 is 0 Å². The van der Waals surface area contributed by atoms with E-state index in [9.17, 15) is 0 Å². The van der Waals surface area contributed by atoms with Gasteiger partial charge in [0.1, 0.15) is 0 Å². The Bertz CT molecular complexity index is 293. The molecule has 0 saturated heterocycles. The Kier molecular flexibility index (Phi) is 6.54. The fourth-order valence-corrected chi connectivity index (χ4v) is 1.47. The Morgan fingerprint density at radius 2 is 2.00 bits per heavy atom. The van der Waals surface area contributed by atoms with Gasteiger partial charge in [-0.05, 0) is 18.9 Å². The Hall–Kier alpha value is -1.12. The third-order valence-electron chi connectivity index (χ3n) is 2.29. The number of hydrogen-bond acceptors (Lipinski definition) is 2. The number of rotatable bonds is 7. The molecule has 0 bridgehead atoms. The van der Waals surface area contributed by atoms with Gasteiger partial charge in [0, 0.05) is 20.1 Å². The van der Waals surface area contributed by atoms with Crippen molar-refractivity contribution in [2.45, 2.75) is 26.1 Å². The molecule has 0 amide bonds. The Morgan fingerprint density at radius 3 is 2.62 bits per heavy atom. The summed E-state index contributed by atoms with van der Waals surface area (Å²) in [6, 6.07) is 10.3. The van der Waals surface area contributed by atoms with Gasteiger partial charge in [0.25, 0.3) is 0 Å². The summed E-state index contributed by atoms with van der Waals surface area (Å²) < 4.78 is 10.6. The van der Waals surface area contributed by atoms with Crippen molar-refractivity contribution in [3.63, 3.8) is 0 Å². The largest absolute Gasteiger partial charge is 0.356 e. The number of allylic oxidation sites excluding steroid dienone is 1. The highest BCUT2D eigenvalue weighted by Gasteiger charge is 2.03. The second-order valence-electron chi connectivity index (χ2n) is 3.51. The van der Waals surface area contributed by atoms with Crippen LogP contribution in [-0.4, -0.2) is 20.0 Å². The summed E-state index contributed by atoms with van der Waals surface area (Å²) >= 11 is 0. The van der Waals surface area contributed by atoms with Crippen LogP contribution in [0, 0.1) is 0 Å². The van der Waals surface area contributed by atoms with Crippen molar-refractivity contribution in [2.75, 3.05) is 13.7 Å². The molecule has 0 fully saturated rings. The van der Waals surface area contributed by atoms with Crippen molar-refractivity contribution in [3.05, 3.63) is 42.0 Å². The van der Waals surface area contributed by atoms with Gasteiger partial charge in [-0.15, -0.1) is 0 Å². The molecule has 0 aromatic heterocycles. The predicted molar refractivity (Wildman–Crippen MR) is 67.1 cm³/mol. The quantitative estimate of drug-likeness (QED) is 0.655. The van der Waals surface area contributed by atoms with Gasteiger partial charge in [0.2, 0.25) is 0 Å². The lowest BCUT2D eigenvalue weighted by molar-refractivity contribution is -0.122. The number of methoxy groups -OCH3 is 1. The minimum Gasteiger partial charge on any atom is -0.356 e. The van der Waals surface area contributed by atoms with Crippen LogP contribution in [0.2, 0.25) is 0 Å². The Morgan fingerprint density at radius 1 is 1.25 bits per heavy atom. The zero-order chi connectivity index (χ0) is 11.6. The van der Waals surface area contributed by atoms with Crippen LogP contribution in [0.15, 0.2) is 36.4 Å². The molecule has 0 spiro atoms. The zero-order valence-corrected chi connectivity index (χ0v) is 10.1. The second kappa shape index (κ2) is 8.08. The molecular formula is C14H20O2. The van der Waals surface area contributed by atoms with Crippen LogP contribution in [0.3, 0.4) is 0 Å². The summed E-state index contributed by atoms with van der Waals surface area (Å²) in [6.45, 7) is 2.67. The Balaban J connectivity index is 2.26. The third-order valence-corrected chi connectivity index (χ3v) is 2.29. The van der Waals surface area contributed by atoms with Gasteiger partial charge in [-0.2, -0.15) is 0 Å². The molecule has 2 nitrogen and oxygen atoms in total. The van der Waals surface area contributed by atoms with E-state index in [1.807, 2.05) is 25.1 Å². The molecular weight excluding hydrogens is 200 g/mol. The van der Waals surface area contributed by atoms with Gasteiger partial charge < -0.3 is 9.47 Å². The van der Waals surface area contributed by atoms with E-state index in [-0.39, 0.29) is 6.29 Å². The van der Waals surface area contributed by atoms with Gasteiger partial charge in [0.15, 0.2) is 6.29 Å². The van der Waals surface area contributed by atoms with Crippen LogP contribution in [-0.2, 0) is 9.47 Å². The fourth-order valence-electron chi connectivity index (χ4n) is 1.47. The summed E-state index contributed by atoms with van der Waals surface area (Å²) in [5.74, 6) is 0. The second-order valence-corrected chi connectivity index (χ2v) is 3.51. The molecule has 16 heavy (non-hydrogen) atoms. The maximum Gasteiger partial charge on any atom is 0.157 e. The number of hydrogen-bond donors (Lipinski definition) is 0. The van der Waals surface area contributed by atoms with E-state index in [0.29, 0.717) is 6.61 Å². The highest BCUT2D eigenvalue weighted by atomic mass is 16.7. The average molecular weight is 220 g/mol. The minimum atomic E-state index is -0.0783. The molecule has 1 rings (SSSR count).